The lowest BCUT2D eigenvalue weighted by atomic mass is 10.1. The number of hydrogen-bond acceptors (Lipinski definition) is 8. The van der Waals surface area contributed by atoms with Gasteiger partial charge in [0.05, 0.1) is 24.3 Å². The van der Waals surface area contributed by atoms with E-state index >= 15 is 0 Å². The standard InChI is InChI=1S/C24H25N7O2/c1-15-11-18(31-7-9-33-10-8-31)3-4-19(15)28-22-21-16(5-6-30(2)23(21)32)12-20(29-22)17-13-26-24(25)27-14-17/h3-6,11-14H,7-10H2,1-2H3,(H,28,29)(H2,25,26,27). The zero-order chi connectivity index (χ0) is 22.9. The predicted octanol–water partition coefficient (Wildman–Crippen LogP) is 2.86. The van der Waals surface area contributed by atoms with Crippen LogP contribution >= 0.6 is 0 Å². The number of pyridine rings is 2. The van der Waals surface area contributed by atoms with Crippen LogP contribution in [-0.4, -0.2) is 45.8 Å². The third kappa shape index (κ3) is 4.10. The number of hydrogen-bond donors (Lipinski definition) is 2. The Hall–Kier alpha value is -3.98. The number of anilines is 4. The summed E-state index contributed by atoms with van der Waals surface area (Å²) in [5.74, 6) is 0.686. The van der Waals surface area contributed by atoms with Gasteiger partial charge in [-0.05, 0) is 48.2 Å². The normalized spacial score (nSPS) is 13.9. The molecule has 0 unspecified atom stereocenters. The van der Waals surface area contributed by atoms with Gasteiger partial charge in [0.15, 0.2) is 0 Å². The van der Waals surface area contributed by atoms with E-state index in [1.165, 1.54) is 0 Å². The number of aromatic nitrogens is 4. The maximum Gasteiger partial charge on any atom is 0.261 e. The van der Waals surface area contributed by atoms with Crippen LogP contribution in [0.5, 0.6) is 0 Å². The van der Waals surface area contributed by atoms with Crippen molar-refractivity contribution in [2.75, 3.05) is 42.3 Å². The molecule has 1 aliphatic heterocycles. The summed E-state index contributed by atoms with van der Waals surface area (Å²) in [4.78, 5) is 28.2. The minimum Gasteiger partial charge on any atom is -0.378 e. The Labute approximate surface area is 190 Å². The Morgan fingerprint density at radius 3 is 2.58 bits per heavy atom. The molecule has 5 rings (SSSR count). The summed E-state index contributed by atoms with van der Waals surface area (Å²) < 4.78 is 7.01. The van der Waals surface area contributed by atoms with Crippen molar-refractivity contribution in [3.8, 4) is 11.3 Å². The van der Waals surface area contributed by atoms with Crippen molar-refractivity contribution in [3.63, 3.8) is 0 Å². The Morgan fingerprint density at radius 1 is 1.09 bits per heavy atom. The first-order valence-corrected chi connectivity index (χ1v) is 10.8. The van der Waals surface area contributed by atoms with Crippen molar-refractivity contribution < 1.29 is 4.74 Å². The number of rotatable bonds is 4. The van der Waals surface area contributed by atoms with Gasteiger partial charge >= 0.3 is 0 Å². The minimum absolute atomic E-state index is 0.120. The van der Waals surface area contributed by atoms with Gasteiger partial charge in [-0.1, -0.05) is 0 Å². The molecule has 0 amide bonds. The zero-order valence-electron chi connectivity index (χ0n) is 18.6. The first kappa shape index (κ1) is 20.9. The molecule has 0 aliphatic carbocycles. The molecule has 0 saturated carbocycles. The van der Waals surface area contributed by atoms with Crippen LogP contribution in [0.4, 0.5) is 23.1 Å². The van der Waals surface area contributed by atoms with E-state index in [4.69, 9.17) is 15.5 Å². The van der Waals surface area contributed by atoms with E-state index in [0.717, 1.165) is 48.6 Å². The largest absolute Gasteiger partial charge is 0.378 e. The van der Waals surface area contributed by atoms with E-state index in [0.29, 0.717) is 22.5 Å². The van der Waals surface area contributed by atoms with Crippen molar-refractivity contribution in [1.29, 1.82) is 0 Å². The van der Waals surface area contributed by atoms with Crippen molar-refractivity contribution in [2.45, 2.75) is 6.92 Å². The second-order valence-corrected chi connectivity index (χ2v) is 8.11. The lowest BCUT2D eigenvalue weighted by molar-refractivity contribution is 0.122. The fraction of sp³-hybridized carbons (Fsp3) is 0.250. The molecule has 1 aliphatic rings. The van der Waals surface area contributed by atoms with Crippen molar-refractivity contribution >= 4 is 33.9 Å². The molecule has 3 N–H and O–H groups in total. The lowest BCUT2D eigenvalue weighted by Crippen LogP contribution is -2.36. The molecule has 4 aromatic rings. The van der Waals surface area contributed by atoms with Crippen LogP contribution in [0.25, 0.3) is 22.0 Å². The second kappa shape index (κ2) is 8.51. The maximum atomic E-state index is 13.0. The van der Waals surface area contributed by atoms with Gasteiger partial charge in [0, 0.05) is 55.7 Å². The Balaban J connectivity index is 1.58. The first-order chi connectivity index (χ1) is 16.0. The number of aryl methyl sites for hydroxylation is 2. The molecule has 1 saturated heterocycles. The van der Waals surface area contributed by atoms with E-state index in [9.17, 15) is 4.79 Å². The topological polar surface area (TPSA) is 111 Å². The van der Waals surface area contributed by atoms with Gasteiger partial charge in [-0.15, -0.1) is 0 Å². The summed E-state index contributed by atoms with van der Waals surface area (Å²) in [5, 5.41) is 4.71. The summed E-state index contributed by atoms with van der Waals surface area (Å²) >= 11 is 0. The Kier molecular flexibility index (Phi) is 5.39. The molecule has 4 heterocycles. The summed E-state index contributed by atoms with van der Waals surface area (Å²) in [6, 6.07) is 10.0. The molecule has 168 valence electrons. The third-order valence-electron chi connectivity index (χ3n) is 5.87. The highest BCUT2D eigenvalue weighted by atomic mass is 16.5. The van der Waals surface area contributed by atoms with Crippen LogP contribution in [0.15, 0.2) is 53.7 Å². The van der Waals surface area contributed by atoms with Gasteiger partial charge in [0.25, 0.3) is 5.56 Å². The molecule has 9 nitrogen and oxygen atoms in total. The van der Waals surface area contributed by atoms with E-state index in [1.54, 1.807) is 30.2 Å². The summed E-state index contributed by atoms with van der Waals surface area (Å²) in [5.41, 5.74) is 9.99. The van der Waals surface area contributed by atoms with Gasteiger partial charge in [0.2, 0.25) is 5.95 Å². The molecular weight excluding hydrogens is 418 g/mol. The maximum absolute atomic E-state index is 13.0. The third-order valence-corrected chi connectivity index (χ3v) is 5.87. The van der Waals surface area contributed by atoms with Gasteiger partial charge < -0.3 is 25.3 Å². The molecule has 0 spiro atoms. The van der Waals surface area contributed by atoms with Crippen molar-refractivity contribution in [3.05, 3.63) is 64.8 Å². The molecule has 1 fully saturated rings. The van der Waals surface area contributed by atoms with Gasteiger partial charge in [-0.3, -0.25) is 4.79 Å². The fourth-order valence-corrected chi connectivity index (χ4v) is 4.00. The number of fused-ring (bicyclic) bond motifs is 1. The molecule has 0 bridgehead atoms. The number of morpholine rings is 1. The first-order valence-electron chi connectivity index (χ1n) is 10.8. The van der Waals surface area contributed by atoms with Crippen LogP contribution in [0.3, 0.4) is 0 Å². The predicted molar refractivity (Wildman–Crippen MR) is 130 cm³/mol. The number of nitrogens with zero attached hydrogens (tertiary/aromatic N) is 5. The monoisotopic (exact) mass is 443 g/mol. The quantitative estimate of drug-likeness (QED) is 0.495. The Morgan fingerprint density at radius 2 is 1.85 bits per heavy atom. The Bertz CT molecular complexity index is 1380. The molecule has 3 aromatic heterocycles. The van der Waals surface area contributed by atoms with E-state index in [2.05, 4.69) is 32.3 Å². The molecule has 1 aromatic carbocycles. The van der Waals surface area contributed by atoms with E-state index < -0.39 is 0 Å². The molecule has 33 heavy (non-hydrogen) atoms. The minimum atomic E-state index is -0.120. The van der Waals surface area contributed by atoms with Gasteiger partial charge in [-0.25, -0.2) is 15.0 Å². The van der Waals surface area contributed by atoms with Gasteiger partial charge in [-0.2, -0.15) is 0 Å². The highest BCUT2D eigenvalue weighted by Crippen LogP contribution is 2.30. The number of nitrogen functional groups attached to an aromatic ring is 1. The average molecular weight is 444 g/mol. The van der Waals surface area contributed by atoms with Crippen LogP contribution in [0.1, 0.15) is 5.56 Å². The SMILES string of the molecule is Cc1cc(N2CCOCC2)ccc1Nc1nc(-c2cnc(N)nc2)cc2ccn(C)c(=O)c12. The molecule has 0 atom stereocenters. The number of benzene rings is 1. The summed E-state index contributed by atoms with van der Waals surface area (Å²) in [7, 11) is 1.73. The molecule has 9 heteroatoms. The summed E-state index contributed by atoms with van der Waals surface area (Å²) in [6.07, 6.45) is 5.01. The zero-order valence-corrected chi connectivity index (χ0v) is 18.6. The van der Waals surface area contributed by atoms with Crippen molar-refractivity contribution in [1.82, 2.24) is 19.5 Å². The number of ether oxygens (including phenoxy) is 1. The lowest BCUT2D eigenvalue weighted by Gasteiger charge is -2.29. The molecular formula is C24H25N7O2. The molecule has 0 radical (unpaired) electrons. The highest BCUT2D eigenvalue weighted by molar-refractivity contribution is 5.95. The highest BCUT2D eigenvalue weighted by Gasteiger charge is 2.15. The van der Waals surface area contributed by atoms with Crippen LogP contribution in [0, 0.1) is 6.92 Å². The average Bonchev–Trinajstić information content (AvgIpc) is 2.83. The van der Waals surface area contributed by atoms with Crippen molar-refractivity contribution in [2.24, 2.45) is 7.05 Å². The van der Waals surface area contributed by atoms with Crippen LogP contribution < -0.4 is 21.5 Å². The van der Waals surface area contributed by atoms with Crippen LogP contribution in [-0.2, 0) is 11.8 Å². The van der Waals surface area contributed by atoms with E-state index in [1.807, 2.05) is 25.1 Å². The van der Waals surface area contributed by atoms with E-state index in [-0.39, 0.29) is 11.5 Å². The number of nitrogens with two attached hydrogens (primary N) is 1. The number of nitrogens with one attached hydrogen (secondary N) is 1. The smallest absolute Gasteiger partial charge is 0.261 e. The summed E-state index contributed by atoms with van der Waals surface area (Å²) in [6.45, 7) is 5.27. The second-order valence-electron chi connectivity index (χ2n) is 8.11. The fourth-order valence-electron chi connectivity index (χ4n) is 4.00. The van der Waals surface area contributed by atoms with Crippen LogP contribution in [0.2, 0.25) is 0 Å². The van der Waals surface area contributed by atoms with Gasteiger partial charge in [0.1, 0.15) is 5.82 Å².